The molecule has 0 bridgehead atoms. The minimum absolute atomic E-state index is 0.955. The van der Waals surface area contributed by atoms with E-state index in [1.807, 2.05) is 0 Å². The highest BCUT2D eigenvalue weighted by Crippen LogP contribution is 2.19. The average molecular weight is 419 g/mol. The zero-order chi connectivity index (χ0) is 22.2. The van der Waals surface area contributed by atoms with Crippen LogP contribution < -0.4 is 10.6 Å². The Labute approximate surface area is 191 Å². The van der Waals surface area contributed by atoms with Gasteiger partial charge in [0, 0.05) is 22.8 Å². The maximum absolute atomic E-state index is 3.51. The number of benzene rings is 4. The average Bonchev–Trinajstić information content (AvgIpc) is 2.83. The molecule has 0 heterocycles. The first kappa shape index (κ1) is 21.5. The van der Waals surface area contributed by atoms with E-state index in [1.54, 1.807) is 0 Å². The summed E-state index contributed by atoms with van der Waals surface area (Å²) in [6.45, 7) is 4.20. The number of rotatable bonds is 8. The summed E-state index contributed by atoms with van der Waals surface area (Å²) in [6.07, 6.45) is 1.91. The minimum atomic E-state index is 0.955. The van der Waals surface area contributed by atoms with Gasteiger partial charge in [-0.3, -0.25) is 0 Å². The SMILES string of the molecule is C/C(Nc1ccc(Cc2ccccc2)cc1)=C(/C)Nc1ccc(Cc2ccccc2)cc1. The van der Waals surface area contributed by atoms with Gasteiger partial charge in [0.2, 0.25) is 0 Å². The molecule has 0 aromatic heterocycles. The zero-order valence-corrected chi connectivity index (χ0v) is 18.8. The Bertz CT molecular complexity index is 1050. The van der Waals surface area contributed by atoms with E-state index in [4.69, 9.17) is 0 Å². The van der Waals surface area contributed by atoms with Crippen molar-refractivity contribution in [2.24, 2.45) is 0 Å². The van der Waals surface area contributed by atoms with Gasteiger partial charge in [0.05, 0.1) is 0 Å². The van der Waals surface area contributed by atoms with E-state index in [1.165, 1.54) is 22.3 Å². The van der Waals surface area contributed by atoms with Crippen molar-refractivity contribution in [3.05, 3.63) is 143 Å². The number of nitrogens with one attached hydrogen (secondary N) is 2. The molecule has 0 saturated carbocycles. The molecular formula is C30H30N2. The first-order valence-electron chi connectivity index (χ1n) is 11.1. The molecule has 4 aromatic rings. The summed E-state index contributed by atoms with van der Waals surface area (Å²) in [5, 5.41) is 7.03. The van der Waals surface area contributed by atoms with Crippen LogP contribution in [0.15, 0.2) is 121 Å². The van der Waals surface area contributed by atoms with Crippen LogP contribution in [-0.4, -0.2) is 0 Å². The van der Waals surface area contributed by atoms with Gasteiger partial charge in [0.15, 0.2) is 0 Å². The van der Waals surface area contributed by atoms with E-state index in [0.29, 0.717) is 0 Å². The van der Waals surface area contributed by atoms with E-state index in [2.05, 4.69) is 134 Å². The molecule has 0 aliphatic rings. The minimum Gasteiger partial charge on any atom is -0.358 e. The van der Waals surface area contributed by atoms with Crippen molar-refractivity contribution in [1.82, 2.24) is 0 Å². The first-order chi connectivity index (χ1) is 15.7. The number of hydrogen-bond donors (Lipinski definition) is 2. The molecule has 2 heteroatoms. The quantitative estimate of drug-likeness (QED) is 0.307. The summed E-state index contributed by atoms with van der Waals surface area (Å²) >= 11 is 0. The van der Waals surface area contributed by atoms with E-state index < -0.39 is 0 Å². The summed E-state index contributed by atoms with van der Waals surface area (Å²) in [5.41, 5.74) is 9.70. The molecule has 4 rings (SSSR count). The monoisotopic (exact) mass is 418 g/mol. The molecule has 0 aliphatic heterocycles. The highest BCUT2D eigenvalue weighted by molar-refractivity contribution is 5.54. The molecule has 2 nitrogen and oxygen atoms in total. The second-order valence-electron chi connectivity index (χ2n) is 8.22. The Kier molecular flexibility index (Phi) is 7.04. The van der Waals surface area contributed by atoms with Crippen LogP contribution >= 0.6 is 0 Å². The molecule has 160 valence electrons. The molecule has 4 aromatic carbocycles. The van der Waals surface area contributed by atoms with Crippen molar-refractivity contribution in [2.45, 2.75) is 26.7 Å². The Balaban J connectivity index is 1.34. The van der Waals surface area contributed by atoms with E-state index >= 15 is 0 Å². The van der Waals surface area contributed by atoms with Gasteiger partial charge in [-0.25, -0.2) is 0 Å². The fourth-order valence-corrected chi connectivity index (χ4v) is 3.70. The fraction of sp³-hybridized carbons (Fsp3) is 0.133. The van der Waals surface area contributed by atoms with Crippen LogP contribution in [0, 0.1) is 0 Å². The molecule has 0 spiro atoms. The summed E-state index contributed by atoms with van der Waals surface area (Å²) in [4.78, 5) is 0. The summed E-state index contributed by atoms with van der Waals surface area (Å²) in [7, 11) is 0. The summed E-state index contributed by atoms with van der Waals surface area (Å²) in [5.74, 6) is 0. The van der Waals surface area contributed by atoms with Crippen LogP contribution in [0.1, 0.15) is 36.1 Å². The molecule has 0 fully saturated rings. The van der Waals surface area contributed by atoms with E-state index in [-0.39, 0.29) is 0 Å². The third kappa shape index (κ3) is 6.12. The molecule has 0 atom stereocenters. The van der Waals surface area contributed by atoms with Crippen molar-refractivity contribution in [3.8, 4) is 0 Å². The predicted octanol–water partition coefficient (Wildman–Crippen LogP) is 7.64. The molecule has 0 amide bonds. The van der Waals surface area contributed by atoms with Crippen molar-refractivity contribution >= 4 is 11.4 Å². The number of allylic oxidation sites excluding steroid dienone is 2. The highest BCUT2D eigenvalue weighted by atomic mass is 15.0. The van der Waals surface area contributed by atoms with Gasteiger partial charge in [-0.15, -0.1) is 0 Å². The van der Waals surface area contributed by atoms with Crippen LogP contribution in [-0.2, 0) is 12.8 Å². The van der Waals surface area contributed by atoms with Crippen molar-refractivity contribution in [3.63, 3.8) is 0 Å². The maximum atomic E-state index is 3.51. The lowest BCUT2D eigenvalue weighted by Gasteiger charge is -2.14. The standard InChI is InChI=1S/C30H30N2/c1-23(31-29-17-13-27(14-18-29)21-25-9-5-3-6-10-25)24(2)32-30-19-15-28(16-20-30)22-26-11-7-4-8-12-26/h3-20,31-32H,21-22H2,1-2H3/b24-23+. The lowest BCUT2D eigenvalue weighted by Crippen LogP contribution is -2.05. The molecule has 0 aliphatic carbocycles. The van der Waals surface area contributed by atoms with Gasteiger partial charge < -0.3 is 10.6 Å². The Morgan fingerprint density at radius 1 is 0.438 bits per heavy atom. The third-order valence-corrected chi connectivity index (χ3v) is 5.64. The van der Waals surface area contributed by atoms with Crippen molar-refractivity contribution in [1.29, 1.82) is 0 Å². The third-order valence-electron chi connectivity index (χ3n) is 5.64. The molecule has 0 saturated heterocycles. The van der Waals surface area contributed by atoms with Crippen LogP contribution in [0.4, 0.5) is 11.4 Å². The van der Waals surface area contributed by atoms with Crippen molar-refractivity contribution < 1.29 is 0 Å². The van der Waals surface area contributed by atoms with Gasteiger partial charge in [0.1, 0.15) is 0 Å². The second kappa shape index (κ2) is 10.5. The Morgan fingerprint density at radius 2 is 0.750 bits per heavy atom. The zero-order valence-electron chi connectivity index (χ0n) is 18.8. The van der Waals surface area contributed by atoms with Crippen LogP contribution in [0.2, 0.25) is 0 Å². The molecule has 0 unspecified atom stereocenters. The highest BCUT2D eigenvalue weighted by Gasteiger charge is 2.02. The lowest BCUT2D eigenvalue weighted by molar-refractivity contribution is 1.18. The predicted molar refractivity (Wildman–Crippen MR) is 137 cm³/mol. The topological polar surface area (TPSA) is 24.1 Å². The normalized spacial score (nSPS) is 11.6. The van der Waals surface area contributed by atoms with Crippen LogP contribution in [0.5, 0.6) is 0 Å². The van der Waals surface area contributed by atoms with Crippen LogP contribution in [0.25, 0.3) is 0 Å². The number of anilines is 2. The van der Waals surface area contributed by atoms with Crippen LogP contribution in [0.3, 0.4) is 0 Å². The van der Waals surface area contributed by atoms with Crippen molar-refractivity contribution in [2.75, 3.05) is 10.6 Å². The van der Waals surface area contributed by atoms with Gasteiger partial charge in [-0.2, -0.15) is 0 Å². The Morgan fingerprint density at radius 3 is 1.09 bits per heavy atom. The van der Waals surface area contributed by atoms with Gasteiger partial charge in [-0.05, 0) is 73.2 Å². The van der Waals surface area contributed by atoms with E-state index in [9.17, 15) is 0 Å². The fourth-order valence-electron chi connectivity index (χ4n) is 3.70. The Hall–Kier alpha value is -3.78. The number of hydrogen-bond acceptors (Lipinski definition) is 2. The molecule has 2 N–H and O–H groups in total. The van der Waals surface area contributed by atoms with E-state index in [0.717, 1.165) is 35.6 Å². The molecule has 0 radical (unpaired) electrons. The van der Waals surface area contributed by atoms with Gasteiger partial charge >= 0.3 is 0 Å². The second-order valence-corrected chi connectivity index (χ2v) is 8.22. The lowest BCUT2D eigenvalue weighted by atomic mass is 10.0. The van der Waals surface area contributed by atoms with Gasteiger partial charge in [0.25, 0.3) is 0 Å². The first-order valence-corrected chi connectivity index (χ1v) is 11.1. The molecular weight excluding hydrogens is 388 g/mol. The smallest absolute Gasteiger partial charge is 0.0382 e. The van der Waals surface area contributed by atoms with Gasteiger partial charge in [-0.1, -0.05) is 84.9 Å². The largest absolute Gasteiger partial charge is 0.358 e. The molecule has 32 heavy (non-hydrogen) atoms. The summed E-state index contributed by atoms with van der Waals surface area (Å²) in [6, 6.07) is 38.5. The maximum Gasteiger partial charge on any atom is 0.0382 e. The summed E-state index contributed by atoms with van der Waals surface area (Å²) < 4.78 is 0.